The number of hydrogen-bond acceptors (Lipinski definition) is 4. The van der Waals surface area contributed by atoms with Crippen LogP contribution >= 0.6 is 0 Å². The van der Waals surface area contributed by atoms with Crippen molar-refractivity contribution in [3.63, 3.8) is 0 Å². The van der Waals surface area contributed by atoms with Crippen LogP contribution in [0.1, 0.15) is 36.2 Å². The molecule has 0 fully saturated rings. The predicted molar refractivity (Wildman–Crippen MR) is 76.1 cm³/mol. The highest BCUT2D eigenvalue weighted by Gasteiger charge is 2.34. The van der Waals surface area contributed by atoms with Crippen LogP contribution in [0.4, 0.5) is 13.2 Å². The van der Waals surface area contributed by atoms with Crippen molar-refractivity contribution in [2.24, 2.45) is 0 Å². The third kappa shape index (κ3) is 6.34. The molecule has 1 aromatic rings. The molecule has 0 unspecified atom stereocenters. The monoisotopic (exact) mass is 322 g/mol. The zero-order valence-corrected chi connectivity index (χ0v) is 13.1. The Hall–Kier alpha value is -1.76. The summed E-state index contributed by atoms with van der Waals surface area (Å²) in [5, 5.41) is 0. The van der Waals surface area contributed by atoms with Crippen LogP contribution in [0.5, 0.6) is 5.75 Å². The van der Waals surface area contributed by atoms with Crippen LogP contribution < -0.4 is 4.74 Å². The van der Waals surface area contributed by atoms with E-state index in [2.05, 4.69) is 4.74 Å². The molecular weight excluding hydrogens is 301 g/mol. The number of esters is 1. The minimum atomic E-state index is -4.55. The van der Waals surface area contributed by atoms with Crippen LogP contribution in [0.2, 0.25) is 0 Å². The third-order valence-electron chi connectivity index (χ3n) is 2.46. The van der Waals surface area contributed by atoms with E-state index in [0.717, 1.165) is 25.3 Å². The van der Waals surface area contributed by atoms with Gasteiger partial charge in [0.25, 0.3) is 0 Å². The van der Waals surface area contributed by atoms with Gasteiger partial charge in [0.05, 0.1) is 24.8 Å². The summed E-state index contributed by atoms with van der Waals surface area (Å²) in [4.78, 5) is 11.3. The second kappa shape index (κ2) is 10.0. The van der Waals surface area contributed by atoms with Gasteiger partial charge in [-0.2, -0.15) is 13.2 Å². The maximum Gasteiger partial charge on any atom is 0.419 e. The Morgan fingerprint density at radius 1 is 1.14 bits per heavy atom. The van der Waals surface area contributed by atoms with Gasteiger partial charge in [0.2, 0.25) is 0 Å². The first-order chi connectivity index (χ1) is 10.4. The van der Waals surface area contributed by atoms with E-state index in [4.69, 9.17) is 9.47 Å². The van der Waals surface area contributed by atoms with Crippen molar-refractivity contribution in [2.75, 3.05) is 27.4 Å². The quantitative estimate of drug-likeness (QED) is 0.588. The summed E-state index contributed by atoms with van der Waals surface area (Å²) < 4.78 is 52.8. The Labute approximate surface area is 128 Å². The highest BCUT2D eigenvalue weighted by Crippen LogP contribution is 2.36. The molecule has 4 nitrogen and oxygen atoms in total. The number of ether oxygens (including phenoxy) is 3. The van der Waals surface area contributed by atoms with Gasteiger partial charge in [0.1, 0.15) is 5.75 Å². The van der Waals surface area contributed by atoms with Gasteiger partial charge < -0.3 is 14.2 Å². The molecule has 0 spiro atoms. The van der Waals surface area contributed by atoms with Gasteiger partial charge in [-0.25, -0.2) is 4.79 Å². The first-order valence-corrected chi connectivity index (χ1v) is 6.81. The van der Waals surface area contributed by atoms with Crippen molar-refractivity contribution in [1.82, 2.24) is 0 Å². The van der Waals surface area contributed by atoms with Gasteiger partial charge in [-0.15, -0.1) is 0 Å². The Bertz CT molecular complexity index is 459. The molecule has 0 aromatic heterocycles. The summed E-state index contributed by atoms with van der Waals surface area (Å²) in [5.74, 6) is -1.11. The van der Waals surface area contributed by atoms with E-state index < -0.39 is 23.5 Å². The smallest absolute Gasteiger partial charge is 0.419 e. The van der Waals surface area contributed by atoms with Crippen LogP contribution in [0, 0.1) is 0 Å². The lowest BCUT2D eigenvalue weighted by atomic mass is 10.1. The minimum absolute atomic E-state index is 0.00208. The number of halogens is 3. The molecule has 0 N–H and O–H groups in total. The Kier molecular flexibility index (Phi) is 9.24. The largest absolute Gasteiger partial charge is 0.493 e. The lowest BCUT2D eigenvalue weighted by molar-refractivity contribution is -0.139. The number of alkyl halides is 3. The highest BCUT2D eigenvalue weighted by atomic mass is 19.4. The first kappa shape index (κ1) is 20.2. The van der Waals surface area contributed by atoms with Gasteiger partial charge in [-0.05, 0) is 18.2 Å². The Balaban J connectivity index is 0.00000211. The molecule has 1 aromatic carbocycles. The van der Waals surface area contributed by atoms with E-state index in [-0.39, 0.29) is 12.2 Å². The van der Waals surface area contributed by atoms with E-state index >= 15 is 0 Å². The van der Waals surface area contributed by atoms with Gasteiger partial charge in [-0.3, -0.25) is 0 Å². The number of hydrogen-bond donors (Lipinski definition) is 0. The molecule has 7 heteroatoms. The lowest BCUT2D eigenvalue weighted by Crippen LogP contribution is -2.12. The molecule has 22 heavy (non-hydrogen) atoms. The second-order valence-electron chi connectivity index (χ2n) is 3.90. The van der Waals surface area contributed by atoms with E-state index in [0.29, 0.717) is 13.0 Å². The molecular formula is C15H21F3O4. The fourth-order valence-corrected chi connectivity index (χ4v) is 1.51. The summed E-state index contributed by atoms with van der Waals surface area (Å²) in [6.45, 7) is 4.43. The molecule has 0 atom stereocenters. The fourth-order valence-electron chi connectivity index (χ4n) is 1.51. The average molecular weight is 322 g/mol. The van der Waals surface area contributed by atoms with Gasteiger partial charge >= 0.3 is 12.1 Å². The van der Waals surface area contributed by atoms with E-state index in [1.165, 1.54) is 7.11 Å². The Morgan fingerprint density at radius 2 is 1.77 bits per heavy atom. The van der Waals surface area contributed by atoms with E-state index in [1.807, 2.05) is 13.8 Å². The summed E-state index contributed by atoms with van der Waals surface area (Å²) in [6.07, 6.45) is -4.11. The molecule has 0 radical (unpaired) electrons. The molecule has 0 aliphatic carbocycles. The van der Waals surface area contributed by atoms with Crippen LogP contribution in [0.3, 0.4) is 0 Å². The summed E-state index contributed by atoms with van der Waals surface area (Å²) in [7, 11) is 2.64. The topological polar surface area (TPSA) is 44.8 Å². The zero-order valence-electron chi connectivity index (χ0n) is 13.1. The van der Waals surface area contributed by atoms with Crippen molar-refractivity contribution in [3.8, 4) is 5.75 Å². The average Bonchev–Trinajstić information content (AvgIpc) is 2.51. The summed E-state index contributed by atoms with van der Waals surface area (Å²) in [6, 6.07) is 2.88. The first-order valence-electron chi connectivity index (χ1n) is 6.81. The standard InChI is InChI=1S/C13H15F3O4.C2H6/c1-18-6-3-7-20-11-8-9(12(17)19-2)4-5-10(11)13(14,15)16;1-2/h4-5,8H,3,6-7H2,1-2H3;1-2H3. The highest BCUT2D eigenvalue weighted by molar-refractivity contribution is 5.89. The molecule has 0 amide bonds. The second-order valence-corrected chi connectivity index (χ2v) is 3.90. The molecule has 0 aliphatic heterocycles. The molecule has 0 heterocycles. The minimum Gasteiger partial charge on any atom is -0.493 e. The van der Waals surface area contributed by atoms with Crippen LogP contribution in [-0.2, 0) is 15.7 Å². The van der Waals surface area contributed by atoms with Crippen LogP contribution in [0.15, 0.2) is 18.2 Å². The maximum atomic E-state index is 12.8. The van der Waals surface area contributed by atoms with E-state index in [1.54, 1.807) is 0 Å². The van der Waals surface area contributed by atoms with Crippen LogP contribution in [0.25, 0.3) is 0 Å². The molecule has 0 saturated carbocycles. The van der Waals surface area contributed by atoms with E-state index in [9.17, 15) is 18.0 Å². The number of carbonyl (C=O) groups is 1. The normalized spacial score (nSPS) is 10.5. The van der Waals surface area contributed by atoms with Crippen LogP contribution in [-0.4, -0.2) is 33.4 Å². The molecule has 0 bridgehead atoms. The maximum absolute atomic E-state index is 12.8. The molecule has 1 rings (SSSR count). The van der Waals surface area contributed by atoms with Crippen molar-refractivity contribution in [2.45, 2.75) is 26.4 Å². The zero-order chi connectivity index (χ0) is 17.2. The number of carbonyl (C=O) groups excluding carboxylic acids is 1. The third-order valence-corrected chi connectivity index (χ3v) is 2.46. The summed E-state index contributed by atoms with van der Waals surface area (Å²) in [5.41, 5.74) is -0.926. The number of rotatable bonds is 6. The SMILES string of the molecule is CC.COCCCOc1cc(C(=O)OC)ccc1C(F)(F)F. The number of benzene rings is 1. The summed E-state index contributed by atoms with van der Waals surface area (Å²) >= 11 is 0. The predicted octanol–water partition coefficient (Wildman–Crippen LogP) is 3.93. The van der Waals surface area contributed by atoms with Crippen molar-refractivity contribution in [1.29, 1.82) is 0 Å². The Morgan fingerprint density at radius 3 is 2.27 bits per heavy atom. The van der Waals surface area contributed by atoms with Gasteiger partial charge in [-0.1, -0.05) is 13.8 Å². The lowest BCUT2D eigenvalue weighted by Gasteiger charge is -2.14. The molecule has 126 valence electrons. The van der Waals surface area contributed by atoms with Gasteiger partial charge in [0.15, 0.2) is 0 Å². The van der Waals surface area contributed by atoms with Gasteiger partial charge in [0, 0.05) is 20.1 Å². The molecule has 0 aliphatic rings. The van der Waals surface area contributed by atoms with Crippen molar-refractivity contribution < 1.29 is 32.2 Å². The van der Waals surface area contributed by atoms with Crippen molar-refractivity contribution >= 4 is 5.97 Å². The fraction of sp³-hybridized carbons (Fsp3) is 0.533. The molecule has 0 saturated heterocycles. The van der Waals surface area contributed by atoms with Crippen molar-refractivity contribution in [3.05, 3.63) is 29.3 Å². The number of methoxy groups -OCH3 is 2.